The fourth-order valence-electron chi connectivity index (χ4n) is 0.436. The van der Waals surface area contributed by atoms with Crippen molar-refractivity contribution in [3.63, 3.8) is 0 Å². The molecule has 0 aromatic carbocycles. The van der Waals surface area contributed by atoms with Crippen molar-refractivity contribution >= 4 is 29.6 Å². The summed E-state index contributed by atoms with van der Waals surface area (Å²) >= 11 is 0. The molecule has 1 heterocycles. The first-order valence-corrected chi connectivity index (χ1v) is 2.36. The molecule has 0 saturated heterocycles. The molecule has 4 heteroatoms. The minimum absolute atomic E-state index is 0. The van der Waals surface area contributed by atoms with Crippen molar-refractivity contribution in [3.05, 3.63) is 21.7 Å². The quantitative estimate of drug-likeness (QED) is 0.509. The van der Waals surface area contributed by atoms with Gasteiger partial charge in [-0.05, 0) is 13.8 Å². The zero-order valence-electron chi connectivity index (χ0n) is 4.82. The average Bonchev–Trinajstić information content (AvgIpc) is 1.98. The number of aromatic nitrogens is 1. The molecule has 1 aromatic heterocycles. The Hall–Kier alpha value is 0.01000. The summed E-state index contributed by atoms with van der Waals surface area (Å²) in [4.78, 5) is 10.5. The van der Waals surface area contributed by atoms with Gasteiger partial charge in [-0.1, -0.05) is 0 Å². The van der Waals surface area contributed by atoms with Gasteiger partial charge in [-0.15, -0.1) is 0 Å². The number of nitrogens with one attached hydrogen (secondary N) is 1. The molecule has 0 atom stereocenters. The molecule has 0 aliphatic rings. The van der Waals surface area contributed by atoms with Crippen LogP contribution in [0, 0.1) is 13.8 Å². The van der Waals surface area contributed by atoms with Gasteiger partial charge in [0.1, 0.15) is 5.76 Å². The molecule has 0 aliphatic heterocycles. The van der Waals surface area contributed by atoms with E-state index in [0.717, 1.165) is 0 Å². The number of hydrogen-bond donors (Lipinski definition) is 1. The molecular formula is C5H8NNaO2. The van der Waals surface area contributed by atoms with Crippen LogP contribution in [0.25, 0.3) is 0 Å². The number of aryl methyl sites for hydroxylation is 1. The second kappa shape index (κ2) is 3.25. The Bertz CT molecular complexity index is 237. The van der Waals surface area contributed by atoms with Crippen LogP contribution < -0.4 is 5.56 Å². The van der Waals surface area contributed by atoms with Gasteiger partial charge in [0.15, 0.2) is 0 Å². The second-order valence-electron chi connectivity index (χ2n) is 1.71. The van der Waals surface area contributed by atoms with E-state index in [1.165, 1.54) is 0 Å². The van der Waals surface area contributed by atoms with Crippen LogP contribution >= 0.6 is 0 Å². The molecule has 3 nitrogen and oxygen atoms in total. The normalized spacial score (nSPS) is 8.67. The van der Waals surface area contributed by atoms with Crippen LogP contribution in [-0.2, 0) is 0 Å². The number of H-pyrrole nitrogens is 1. The molecule has 46 valence electrons. The summed E-state index contributed by atoms with van der Waals surface area (Å²) in [5.41, 5.74) is 0.521. The van der Waals surface area contributed by atoms with E-state index < -0.39 is 0 Å². The molecular weight excluding hydrogens is 129 g/mol. The molecule has 0 saturated carbocycles. The van der Waals surface area contributed by atoms with Crippen LogP contribution in [0.1, 0.15) is 11.3 Å². The molecule has 1 N–H and O–H groups in total. The summed E-state index contributed by atoms with van der Waals surface area (Å²) in [6, 6.07) is 0. The third-order valence-corrected chi connectivity index (χ3v) is 1.17. The molecule has 0 fully saturated rings. The third-order valence-electron chi connectivity index (χ3n) is 1.17. The summed E-state index contributed by atoms with van der Waals surface area (Å²) in [7, 11) is 0. The van der Waals surface area contributed by atoms with Crippen LogP contribution in [0.5, 0.6) is 0 Å². The van der Waals surface area contributed by atoms with Gasteiger partial charge in [-0.2, -0.15) is 5.16 Å². The molecule has 0 unspecified atom stereocenters. The summed E-state index contributed by atoms with van der Waals surface area (Å²) in [5, 5.41) is 2.21. The monoisotopic (exact) mass is 137 g/mol. The number of aromatic amines is 1. The van der Waals surface area contributed by atoms with E-state index in [9.17, 15) is 4.79 Å². The Morgan fingerprint density at radius 2 is 2.00 bits per heavy atom. The van der Waals surface area contributed by atoms with Crippen LogP contribution in [0.2, 0.25) is 0 Å². The van der Waals surface area contributed by atoms with Gasteiger partial charge in [-0.3, -0.25) is 4.79 Å². The summed E-state index contributed by atoms with van der Waals surface area (Å²) < 4.78 is 4.66. The van der Waals surface area contributed by atoms with Gasteiger partial charge in [0, 0.05) is 0 Å². The molecule has 1 rings (SSSR count). The van der Waals surface area contributed by atoms with Gasteiger partial charge < -0.3 is 4.52 Å². The van der Waals surface area contributed by atoms with Crippen molar-refractivity contribution in [2.45, 2.75) is 13.8 Å². The maximum atomic E-state index is 10.5. The molecule has 0 bridgehead atoms. The number of hydrogen-bond acceptors (Lipinski definition) is 2. The van der Waals surface area contributed by atoms with Gasteiger partial charge in [-0.25, -0.2) is 0 Å². The average molecular weight is 137 g/mol. The fourth-order valence-corrected chi connectivity index (χ4v) is 0.436. The van der Waals surface area contributed by atoms with E-state index in [1.807, 2.05) is 0 Å². The van der Waals surface area contributed by atoms with Gasteiger partial charge in [0.05, 0.1) is 5.56 Å². The van der Waals surface area contributed by atoms with Crippen molar-refractivity contribution in [2.24, 2.45) is 0 Å². The Kier molecular flexibility index (Phi) is 3.25. The summed E-state index contributed by atoms with van der Waals surface area (Å²) in [6.45, 7) is 3.46. The van der Waals surface area contributed by atoms with E-state index in [0.29, 0.717) is 11.3 Å². The number of rotatable bonds is 0. The zero-order chi connectivity index (χ0) is 6.15. The Morgan fingerprint density at radius 1 is 1.44 bits per heavy atom. The van der Waals surface area contributed by atoms with E-state index in [2.05, 4.69) is 9.68 Å². The molecule has 0 spiro atoms. The summed E-state index contributed by atoms with van der Waals surface area (Å²) in [5.74, 6) is 0.662. The molecule has 0 radical (unpaired) electrons. The first kappa shape index (κ1) is 9.01. The van der Waals surface area contributed by atoms with Crippen LogP contribution in [0.4, 0.5) is 0 Å². The Balaban J connectivity index is 0.000000640. The summed E-state index contributed by atoms with van der Waals surface area (Å²) in [6.07, 6.45) is 0. The van der Waals surface area contributed by atoms with E-state index in [4.69, 9.17) is 0 Å². The van der Waals surface area contributed by atoms with Crippen molar-refractivity contribution in [2.75, 3.05) is 0 Å². The predicted molar refractivity (Wildman–Crippen MR) is 36.0 cm³/mol. The Labute approximate surface area is 74.7 Å². The van der Waals surface area contributed by atoms with E-state index in [-0.39, 0.29) is 35.1 Å². The van der Waals surface area contributed by atoms with Crippen molar-refractivity contribution in [1.82, 2.24) is 5.16 Å². The predicted octanol–water partition coefficient (Wildman–Crippen LogP) is -0.0638. The van der Waals surface area contributed by atoms with Crippen LogP contribution in [0.15, 0.2) is 9.32 Å². The zero-order valence-corrected chi connectivity index (χ0v) is 4.82. The maximum absolute atomic E-state index is 10.5. The first-order valence-electron chi connectivity index (χ1n) is 2.36. The topological polar surface area (TPSA) is 46.0 Å². The second-order valence-corrected chi connectivity index (χ2v) is 1.71. The van der Waals surface area contributed by atoms with Gasteiger partial charge in [0.2, 0.25) is 0 Å². The van der Waals surface area contributed by atoms with Crippen LogP contribution in [-0.4, -0.2) is 34.7 Å². The van der Waals surface area contributed by atoms with E-state index in [1.54, 1.807) is 13.8 Å². The minimum atomic E-state index is -0.137. The van der Waals surface area contributed by atoms with Crippen molar-refractivity contribution in [1.29, 1.82) is 0 Å². The van der Waals surface area contributed by atoms with Gasteiger partial charge in [0.25, 0.3) is 5.56 Å². The van der Waals surface area contributed by atoms with Crippen molar-refractivity contribution < 1.29 is 4.52 Å². The standard InChI is InChI=1S/C5H7NO2.Na.H/c1-3-4(2)8-6-5(3)7;;/h1-2H3,(H,6,7);;. The van der Waals surface area contributed by atoms with E-state index >= 15 is 0 Å². The Morgan fingerprint density at radius 3 is 2.11 bits per heavy atom. The first-order chi connectivity index (χ1) is 3.72. The molecule has 9 heavy (non-hydrogen) atoms. The van der Waals surface area contributed by atoms with Crippen LogP contribution in [0.3, 0.4) is 0 Å². The molecule has 1 aromatic rings. The SMILES string of the molecule is Cc1o[nH]c(=O)c1C.[NaH]. The third kappa shape index (κ3) is 1.71. The molecule has 0 aliphatic carbocycles. The fraction of sp³-hybridized carbons (Fsp3) is 0.400. The molecule has 0 amide bonds. The van der Waals surface area contributed by atoms with Gasteiger partial charge >= 0.3 is 29.6 Å². The van der Waals surface area contributed by atoms with Crippen molar-refractivity contribution in [3.8, 4) is 0 Å².